The maximum Gasteiger partial charge on any atom is 0.188 e. The van der Waals surface area contributed by atoms with E-state index >= 15 is 0 Å². The van der Waals surface area contributed by atoms with E-state index in [0.29, 0.717) is 18.5 Å². The van der Waals surface area contributed by atoms with Crippen molar-refractivity contribution in [3.8, 4) is 0 Å². The van der Waals surface area contributed by atoms with Crippen LogP contribution in [-0.4, -0.2) is 23.5 Å². The molecule has 0 unspecified atom stereocenters. The molecule has 5 heteroatoms. The number of benzene rings is 1. The van der Waals surface area contributed by atoms with Crippen molar-refractivity contribution < 1.29 is 4.39 Å². The van der Waals surface area contributed by atoms with Gasteiger partial charge >= 0.3 is 0 Å². The van der Waals surface area contributed by atoms with Crippen LogP contribution in [0.2, 0.25) is 0 Å². The van der Waals surface area contributed by atoms with Gasteiger partial charge in [-0.2, -0.15) is 0 Å². The normalized spacial score (nSPS) is 17.3. The molecule has 124 valence electrons. The van der Waals surface area contributed by atoms with E-state index in [1.165, 1.54) is 50.7 Å². The van der Waals surface area contributed by atoms with Crippen molar-refractivity contribution in [2.75, 3.05) is 6.54 Å². The summed E-state index contributed by atoms with van der Waals surface area (Å²) in [5.74, 6) is 0.323. The van der Waals surface area contributed by atoms with Gasteiger partial charge in [0.2, 0.25) is 0 Å². The maximum absolute atomic E-state index is 13.2. The molecule has 2 aromatic rings. The maximum atomic E-state index is 13.2. The van der Waals surface area contributed by atoms with Gasteiger partial charge in [0.15, 0.2) is 5.96 Å². The van der Waals surface area contributed by atoms with Crippen molar-refractivity contribution in [2.45, 2.75) is 51.0 Å². The minimum Gasteiger partial charge on any atom is -0.370 e. The Kier molecular flexibility index (Phi) is 5.16. The number of hydrogen-bond acceptors (Lipinski definition) is 1. The summed E-state index contributed by atoms with van der Waals surface area (Å²) in [5, 5.41) is 4.41. The number of H-pyrrole nitrogens is 1. The first-order valence-electron chi connectivity index (χ1n) is 8.54. The molecule has 1 fully saturated rings. The van der Waals surface area contributed by atoms with Gasteiger partial charge in [0.1, 0.15) is 5.82 Å². The second kappa shape index (κ2) is 7.49. The number of hydrogen-bond donors (Lipinski definition) is 3. The molecule has 1 saturated carbocycles. The Morgan fingerprint density at radius 3 is 2.83 bits per heavy atom. The van der Waals surface area contributed by atoms with Gasteiger partial charge < -0.3 is 16.0 Å². The Bertz CT molecular complexity index is 669. The topological polar surface area (TPSA) is 66.2 Å². The monoisotopic (exact) mass is 316 g/mol. The number of aromatic nitrogens is 1. The van der Waals surface area contributed by atoms with Gasteiger partial charge in [-0.3, -0.25) is 4.99 Å². The molecule has 0 radical (unpaired) electrons. The van der Waals surface area contributed by atoms with Crippen LogP contribution in [0.15, 0.2) is 29.4 Å². The van der Waals surface area contributed by atoms with Crippen molar-refractivity contribution in [1.82, 2.24) is 10.3 Å². The predicted octanol–water partition coefficient (Wildman–Crippen LogP) is 3.48. The largest absolute Gasteiger partial charge is 0.370 e. The molecule has 1 aliphatic rings. The quantitative estimate of drug-likeness (QED) is 0.459. The molecule has 1 heterocycles. The van der Waals surface area contributed by atoms with E-state index in [0.717, 1.165) is 22.9 Å². The standard InChI is InChI=1S/C18H25FN4/c19-14-7-8-16-13(12-22-17(16)11-14)9-10-21-18(20)23-15-5-3-1-2-4-6-15/h7-8,11-12,15,22H,1-6,9-10H2,(H3,20,21,23). The van der Waals surface area contributed by atoms with Crippen LogP contribution in [0.25, 0.3) is 10.9 Å². The summed E-state index contributed by atoms with van der Waals surface area (Å²) in [6.45, 7) is 0.635. The number of aliphatic imine (C=N–C) groups is 1. The van der Waals surface area contributed by atoms with Crippen molar-refractivity contribution in [3.05, 3.63) is 35.8 Å². The molecule has 1 aromatic heterocycles. The van der Waals surface area contributed by atoms with E-state index in [-0.39, 0.29) is 5.82 Å². The summed E-state index contributed by atoms with van der Waals surface area (Å²) in [4.78, 5) is 7.55. The van der Waals surface area contributed by atoms with Crippen LogP contribution in [0.4, 0.5) is 4.39 Å². The third-order valence-electron chi connectivity index (χ3n) is 4.60. The Balaban J connectivity index is 1.54. The predicted molar refractivity (Wildman–Crippen MR) is 93.1 cm³/mol. The van der Waals surface area contributed by atoms with Crippen LogP contribution in [0.5, 0.6) is 0 Å². The van der Waals surface area contributed by atoms with Gasteiger partial charge in [0, 0.05) is 29.7 Å². The number of nitrogens with two attached hydrogens (primary N) is 1. The third-order valence-corrected chi connectivity index (χ3v) is 4.60. The van der Waals surface area contributed by atoms with Gasteiger partial charge in [-0.15, -0.1) is 0 Å². The fraction of sp³-hybridized carbons (Fsp3) is 0.500. The SMILES string of the molecule is NC(=NCCc1c[nH]c2cc(F)ccc12)NC1CCCCCC1. The van der Waals surface area contributed by atoms with Gasteiger partial charge in [-0.25, -0.2) is 4.39 Å². The second-order valence-corrected chi connectivity index (χ2v) is 6.35. The van der Waals surface area contributed by atoms with E-state index in [4.69, 9.17) is 5.73 Å². The molecule has 0 amide bonds. The summed E-state index contributed by atoms with van der Waals surface area (Å²) in [7, 11) is 0. The van der Waals surface area contributed by atoms with Crippen LogP contribution in [-0.2, 0) is 6.42 Å². The molecular formula is C18H25FN4. The number of fused-ring (bicyclic) bond motifs is 1. The molecule has 1 aromatic carbocycles. The highest BCUT2D eigenvalue weighted by Gasteiger charge is 2.12. The zero-order chi connectivity index (χ0) is 16.1. The number of rotatable bonds is 4. The van der Waals surface area contributed by atoms with Gasteiger partial charge in [-0.05, 0) is 43.0 Å². The van der Waals surface area contributed by atoms with Crippen LogP contribution in [0.1, 0.15) is 44.1 Å². The van der Waals surface area contributed by atoms with Gasteiger partial charge in [0.25, 0.3) is 0 Å². The fourth-order valence-corrected chi connectivity index (χ4v) is 3.34. The molecular weight excluding hydrogens is 291 g/mol. The smallest absolute Gasteiger partial charge is 0.188 e. The Hall–Kier alpha value is -2.04. The Morgan fingerprint density at radius 2 is 2.04 bits per heavy atom. The highest BCUT2D eigenvalue weighted by Crippen LogP contribution is 2.20. The number of guanidine groups is 1. The van der Waals surface area contributed by atoms with E-state index < -0.39 is 0 Å². The van der Waals surface area contributed by atoms with E-state index in [2.05, 4.69) is 15.3 Å². The minimum absolute atomic E-state index is 0.222. The van der Waals surface area contributed by atoms with Crippen molar-refractivity contribution >= 4 is 16.9 Å². The summed E-state index contributed by atoms with van der Waals surface area (Å²) >= 11 is 0. The summed E-state index contributed by atoms with van der Waals surface area (Å²) in [6.07, 6.45) is 10.3. The highest BCUT2D eigenvalue weighted by atomic mass is 19.1. The molecule has 1 aliphatic carbocycles. The number of aromatic amines is 1. The van der Waals surface area contributed by atoms with Crippen molar-refractivity contribution in [3.63, 3.8) is 0 Å². The lowest BCUT2D eigenvalue weighted by molar-refractivity contribution is 0.530. The minimum atomic E-state index is -0.222. The van der Waals surface area contributed by atoms with Crippen LogP contribution in [0, 0.1) is 5.82 Å². The number of nitrogens with zero attached hydrogens (tertiary/aromatic N) is 1. The first-order chi connectivity index (χ1) is 11.2. The summed E-state index contributed by atoms with van der Waals surface area (Å²) in [5.41, 5.74) is 7.98. The molecule has 23 heavy (non-hydrogen) atoms. The average Bonchev–Trinajstić information content (AvgIpc) is 2.75. The van der Waals surface area contributed by atoms with Crippen LogP contribution >= 0.6 is 0 Å². The van der Waals surface area contributed by atoms with E-state index in [1.54, 1.807) is 0 Å². The Labute approximate surface area is 136 Å². The third kappa shape index (κ3) is 4.24. The van der Waals surface area contributed by atoms with Crippen LogP contribution in [0.3, 0.4) is 0 Å². The lowest BCUT2D eigenvalue weighted by Gasteiger charge is -2.16. The van der Waals surface area contributed by atoms with E-state index in [1.807, 2.05) is 12.3 Å². The zero-order valence-electron chi connectivity index (χ0n) is 13.4. The van der Waals surface area contributed by atoms with E-state index in [9.17, 15) is 4.39 Å². The molecule has 0 saturated heterocycles. The van der Waals surface area contributed by atoms with Gasteiger partial charge in [0.05, 0.1) is 0 Å². The second-order valence-electron chi connectivity index (χ2n) is 6.35. The number of nitrogens with one attached hydrogen (secondary N) is 2. The summed E-state index contributed by atoms with van der Waals surface area (Å²) in [6, 6.07) is 5.29. The fourth-order valence-electron chi connectivity index (χ4n) is 3.34. The zero-order valence-corrected chi connectivity index (χ0v) is 13.4. The first kappa shape index (κ1) is 15.8. The van der Waals surface area contributed by atoms with Gasteiger partial charge in [-0.1, -0.05) is 25.7 Å². The Morgan fingerprint density at radius 1 is 1.26 bits per heavy atom. The molecule has 0 bridgehead atoms. The molecule has 0 aliphatic heterocycles. The molecule has 4 N–H and O–H groups in total. The molecule has 3 rings (SSSR count). The van der Waals surface area contributed by atoms with Crippen molar-refractivity contribution in [1.29, 1.82) is 0 Å². The first-order valence-corrected chi connectivity index (χ1v) is 8.54. The lowest BCUT2D eigenvalue weighted by atomic mass is 10.1. The van der Waals surface area contributed by atoms with Crippen molar-refractivity contribution in [2.24, 2.45) is 10.7 Å². The molecule has 0 spiro atoms. The summed E-state index contributed by atoms with van der Waals surface area (Å²) < 4.78 is 13.2. The molecule has 4 nitrogen and oxygen atoms in total. The van der Waals surface area contributed by atoms with Crippen LogP contribution < -0.4 is 11.1 Å². The molecule has 0 atom stereocenters. The number of halogens is 1. The highest BCUT2D eigenvalue weighted by molar-refractivity contribution is 5.83. The average molecular weight is 316 g/mol. The lowest BCUT2D eigenvalue weighted by Crippen LogP contribution is -2.40.